The Morgan fingerprint density at radius 3 is 1.14 bits per heavy atom. The van der Waals surface area contributed by atoms with Gasteiger partial charge in [0.15, 0.2) is 0 Å². The van der Waals surface area contributed by atoms with E-state index in [4.69, 9.17) is 0 Å². The average molecular weight is 101 g/mol. The molecule has 0 aliphatic carbocycles. The Balaban J connectivity index is 0. The van der Waals surface area contributed by atoms with Crippen LogP contribution in [-0.4, -0.2) is 14.1 Å². The van der Waals surface area contributed by atoms with E-state index in [1.165, 1.54) is 0 Å². The summed E-state index contributed by atoms with van der Waals surface area (Å²) in [4.78, 5) is 0. The third-order valence-electron chi connectivity index (χ3n) is 0.333. The highest BCUT2D eigenvalue weighted by molar-refractivity contribution is 4.68. The maximum Gasteiger partial charge on any atom is -0.0167 e. The standard InChI is InChI=1S/C4H8.C2H7N/c1-3-4-2;1-3-2/h3-4H,1-2H3;3H,1-2H3/b4-3-;. The fraction of sp³-hybridized carbons (Fsp3) is 0.667. The Morgan fingerprint density at radius 2 is 1.14 bits per heavy atom. The van der Waals surface area contributed by atoms with Gasteiger partial charge < -0.3 is 5.32 Å². The molecule has 44 valence electrons. The van der Waals surface area contributed by atoms with Crippen molar-refractivity contribution >= 4 is 0 Å². The average Bonchev–Trinajstić information content (AvgIpc) is 1.69. The lowest BCUT2D eigenvalue weighted by atomic mass is 10.6. The van der Waals surface area contributed by atoms with Crippen LogP contribution in [0.5, 0.6) is 0 Å². The van der Waals surface area contributed by atoms with Gasteiger partial charge in [0.2, 0.25) is 0 Å². The summed E-state index contributed by atoms with van der Waals surface area (Å²) in [5.41, 5.74) is 0. The summed E-state index contributed by atoms with van der Waals surface area (Å²) in [6, 6.07) is 0. The molecule has 1 heteroatoms. The van der Waals surface area contributed by atoms with Gasteiger partial charge in [-0.25, -0.2) is 0 Å². The normalized spacial score (nSPS) is 8.00. The van der Waals surface area contributed by atoms with Crippen molar-refractivity contribution in [2.24, 2.45) is 0 Å². The van der Waals surface area contributed by atoms with E-state index in [1.54, 1.807) is 0 Å². The van der Waals surface area contributed by atoms with Crippen molar-refractivity contribution in [1.82, 2.24) is 5.32 Å². The summed E-state index contributed by atoms with van der Waals surface area (Å²) >= 11 is 0. The van der Waals surface area contributed by atoms with Crippen molar-refractivity contribution in [1.29, 1.82) is 0 Å². The molecule has 0 aromatic heterocycles. The predicted molar refractivity (Wildman–Crippen MR) is 35.5 cm³/mol. The second kappa shape index (κ2) is 17.3. The Hall–Kier alpha value is -0.300. The molecule has 0 spiro atoms. The van der Waals surface area contributed by atoms with Gasteiger partial charge in [0.25, 0.3) is 0 Å². The van der Waals surface area contributed by atoms with Crippen molar-refractivity contribution in [3.8, 4) is 0 Å². The first-order chi connectivity index (χ1) is 3.33. The van der Waals surface area contributed by atoms with E-state index in [9.17, 15) is 0 Å². The van der Waals surface area contributed by atoms with Crippen molar-refractivity contribution in [2.45, 2.75) is 13.8 Å². The van der Waals surface area contributed by atoms with Crippen LogP contribution in [-0.2, 0) is 0 Å². The molecule has 0 rings (SSSR count). The van der Waals surface area contributed by atoms with Gasteiger partial charge in [-0.2, -0.15) is 0 Å². The smallest absolute Gasteiger partial charge is 0.0167 e. The highest BCUT2D eigenvalue weighted by Gasteiger charge is 1.34. The molecule has 0 saturated carbocycles. The topological polar surface area (TPSA) is 12.0 Å². The molecule has 0 heterocycles. The second-order valence-corrected chi connectivity index (χ2v) is 1.17. The first-order valence-corrected chi connectivity index (χ1v) is 2.49. The number of rotatable bonds is 0. The van der Waals surface area contributed by atoms with Crippen LogP contribution in [0.2, 0.25) is 0 Å². The zero-order valence-corrected chi connectivity index (χ0v) is 5.65. The number of allylic oxidation sites excluding steroid dienone is 2. The van der Waals surface area contributed by atoms with Gasteiger partial charge in [-0.05, 0) is 27.9 Å². The van der Waals surface area contributed by atoms with E-state index in [1.807, 2.05) is 40.1 Å². The van der Waals surface area contributed by atoms with Gasteiger partial charge >= 0.3 is 0 Å². The van der Waals surface area contributed by atoms with Gasteiger partial charge in [0.05, 0.1) is 0 Å². The molecule has 0 aliphatic rings. The fourth-order valence-electron chi connectivity index (χ4n) is 0. The SMILES string of the molecule is C/C=C\C.CNC. The van der Waals surface area contributed by atoms with E-state index >= 15 is 0 Å². The first-order valence-electron chi connectivity index (χ1n) is 2.49. The second-order valence-electron chi connectivity index (χ2n) is 1.17. The van der Waals surface area contributed by atoms with Crippen LogP contribution in [0, 0.1) is 0 Å². The zero-order chi connectivity index (χ0) is 6.12. The lowest BCUT2D eigenvalue weighted by Crippen LogP contribution is -1.89. The van der Waals surface area contributed by atoms with Gasteiger partial charge in [0, 0.05) is 0 Å². The molecule has 0 unspecified atom stereocenters. The molecular weight excluding hydrogens is 86.1 g/mol. The molecule has 0 aromatic rings. The summed E-state index contributed by atoms with van der Waals surface area (Å²) < 4.78 is 0. The maximum atomic E-state index is 2.75. The van der Waals surface area contributed by atoms with Crippen molar-refractivity contribution in [3.05, 3.63) is 12.2 Å². The number of hydrogen-bond donors (Lipinski definition) is 1. The molecular formula is C6H15N. The van der Waals surface area contributed by atoms with Crippen LogP contribution in [0.25, 0.3) is 0 Å². The van der Waals surface area contributed by atoms with Gasteiger partial charge in [-0.15, -0.1) is 0 Å². The van der Waals surface area contributed by atoms with E-state index in [0.29, 0.717) is 0 Å². The van der Waals surface area contributed by atoms with E-state index in [-0.39, 0.29) is 0 Å². The van der Waals surface area contributed by atoms with E-state index in [2.05, 4.69) is 5.32 Å². The molecule has 7 heavy (non-hydrogen) atoms. The minimum atomic E-state index is 1.88. The molecule has 0 aliphatic heterocycles. The molecule has 0 aromatic carbocycles. The van der Waals surface area contributed by atoms with Crippen LogP contribution in [0.15, 0.2) is 12.2 Å². The molecule has 0 fully saturated rings. The number of nitrogens with one attached hydrogen (secondary N) is 1. The molecule has 0 saturated heterocycles. The fourth-order valence-corrected chi connectivity index (χ4v) is 0. The minimum Gasteiger partial charge on any atom is -0.323 e. The monoisotopic (exact) mass is 101 g/mol. The quantitative estimate of drug-likeness (QED) is 0.455. The van der Waals surface area contributed by atoms with Crippen LogP contribution in [0.1, 0.15) is 13.8 Å². The minimum absolute atomic E-state index is 1.88. The summed E-state index contributed by atoms with van der Waals surface area (Å²) in [5, 5.41) is 2.75. The summed E-state index contributed by atoms with van der Waals surface area (Å²) in [6.07, 6.45) is 4.00. The highest BCUT2D eigenvalue weighted by atomic mass is 14.7. The van der Waals surface area contributed by atoms with Crippen LogP contribution >= 0.6 is 0 Å². The molecule has 0 bridgehead atoms. The lowest BCUT2D eigenvalue weighted by Gasteiger charge is -1.59. The third-order valence-corrected chi connectivity index (χ3v) is 0.333. The summed E-state index contributed by atoms with van der Waals surface area (Å²) in [6.45, 7) is 4.00. The third kappa shape index (κ3) is 159. The zero-order valence-electron chi connectivity index (χ0n) is 5.65. The Bertz CT molecular complexity index is 27.2. The van der Waals surface area contributed by atoms with Crippen molar-refractivity contribution < 1.29 is 0 Å². The Morgan fingerprint density at radius 1 is 1.00 bits per heavy atom. The Kier molecular flexibility index (Phi) is 24.3. The number of hydrogen-bond acceptors (Lipinski definition) is 1. The van der Waals surface area contributed by atoms with E-state index in [0.717, 1.165) is 0 Å². The van der Waals surface area contributed by atoms with E-state index < -0.39 is 0 Å². The molecule has 1 nitrogen and oxygen atoms in total. The van der Waals surface area contributed by atoms with Crippen molar-refractivity contribution in [3.63, 3.8) is 0 Å². The summed E-state index contributed by atoms with van der Waals surface area (Å²) in [5.74, 6) is 0. The summed E-state index contributed by atoms with van der Waals surface area (Å²) in [7, 11) is 3.75. The largest absolute Gasteiger partial charge is 0.323 e. The van der Waals surface area contributed by atoms with Gasteiger partial charge in [-0.3, -0.25) is 0 Å². The van der Waals surface area contributed by atoms with Crippen LogP contribution < -0.4 is 5.32 Å². The maximum absolute atomic E-state index is 2.75. The highest BCUT2D eigenvalue weighted by Crippen LogP contribution is 1.57. The lowest BCUT2D eigenvalue weighted by molar-refractivity contribution is 1.02. The molecule has 0 atom stereocenters. The molecule has 0 radical (unpaired) electrons. The van der Waals surface area contributed by atoms with Crippen molar-refractivity contribution in [2.75, 3.05) is 14.1 Å². The predicted octanol–water partition coefficient (Wildman–Crippen LogP) is 1.42. The van der Waals surface area contributed by atoms with Crippen LogP contribution in [0.4, 0.5) is 0 Å². The molecule has 1 N–H and O–H groups in total. The Labute approximate surface area is 46.4 Å². The first kappa shape index (κ1) is 9.85. The van der Waals surface area contributed by atoms with Crippen LogP contribution in [0.3, 0.4) is 0 Å². The van der Waals surface area contributed by atoms with Gasteiger partial charge in [-0.1, -0.05) is 12.2 Å². The molecule has 0 amide bonds. The van der Waals surface area contributed by atoms with Gasteiger partial charge in [0.1, 0.15) is 0 Å².